The number of nitrogen functional groups attached to an aromatic ring is 1. The molecule has 2 rings (SSSR count). The first-order valence-corrected chi connectivity index (χ1v) is 5.81. The number of hydrogen-bond acceptors (Lipinski definition) is 2. The van der Waals surface area contributed by atoms with Crippen molar-refractivity contribution in [1.82, 2.24) is 0 Å². The lowest BCUT2D eigenvalue weighted by atomic mass is 10.3. The van der Waals surface area contributed by atoms with Crippen molar-refractivity contribution in [2.24, 2.45) is 0 Å². The van der Waals surface area contributed by atoms with E-state index >= 15 is 0 Å². The largest absolute Gasteiger partial charge is 0.456 e. The molecule has 2 aromatic rings. The van der Waals surface area contributed by atoms with Crippen LogP contribution in [0.15, 0.2) is 46.9 Å². The Kier molecular flexibility index (Phi) is 3.36. The van der Waals surface area contributed by atoms with E-state index in [2.05, 4.69) is 15.9 Å². The fourth-order valence-corrected chi connectivity index (χ4v) is 1.71. The van der Waals surface area contributed by atoms with E-state index < -0.39 is 0 Å². The van der Waals surface area contributed by atoms with Crippen LogP contribution in [0.5, 0.6) is 11.5 Å². The van der Waals surface area contributed by atoms with Crippen molar-refractivity contribution in [3.63, 3.8) is 0 Å². The Morgan fingerprint density at radius 3 is 2.44 bits per heavy atom. The molecule has 0 radical (unpaired) electrons. The summed E-state index contributed by atoms with van der Waals surface area (Å²) in [6, 6.07) is 12.6. The van der Waals surface area contributed by atoms with Crippen molar-refractivity contribution in [2.45, 2.75) is 0 Å². The van der Waals surface area contributed by atoms with Crippen molar-refractivity contribution in [3.05, 3.63) is 52.0 Å². The maximum absolute atomic E-state index is 5.89. The van der Waals surface area contributed by atoms with E-state index in [0.717, 1.165) is 10.2 Å². The molecule has 0 atom stereocenters. The van der Waals surface area contributed by atoms with E-state index in [0.29, 0.717) is 16.5 Å². The monoisotopic (exact) mass is 297 g/mol. The van der Waals surface area contributed by atoms with Crippen molar-refractivity contribution < 1.29 is 4.74 Å². The normalized spacial score (nSPS) is 10.1. The summed E-state index contributed by atoms with van der Waals surface area (Å²) in [4.78, 5) is 0. The minimum Gasteiger partial charge on any atom is -0.456 e. The fraction of sp³-hybridized carbons (Fsp3) is 0. The van der Waals surface area contributed by atoms with Crippen LogP contribution in [0.2, 0.25) is 5.02 Å². The van der Waals surface area contributed by atoms with Gasteiger partial charge in [-0.05, 0) is 52.3 Å². The molecule has 2 nitrogen and oxygen atoms in total. The van der Waals surface area contributed by atoms with Gasteiger partial charge in [0.1, 0.15) is 11.5 Å². The molecule has 0 saturated heterocycles. The van der Waals surface area contributed by atoms with Crippen LogP contribution in [0.4, 0.5) is 5.69 Å². The SMILES string of the molecule is Nc1ccc(Oc2cc(Cl)ccc2Br)cc1. The van der Waals surface area contributed by atoms with Crippen LogP contribution in [0.1, 0.15) is 0 Å². The summed E-state index contributed by atoms with van der Waals surface area (Å²) in [5.74, 6) is 1.40. The summed E-state index contributed by atoms with van der Waals surface area (Å²) in [5, 5.41) is 0.633. The Balaban J connectivity index is 2.26. The van der Waals surface area contributed by atoms with E-state index in [1.54, 1.807) is 24.3 Å². The molecule has 0 fully saturated rings. The van der Waals surface area contributed by atoms with Crippen LogP contribution in [0.25, 0.3) is 0 Å². The molecule has 16 heavy (non-hydrogen) atoms. The molecule has 0 bridgehead atoms. The predicted octanol–water partition coefficient (Wildman–Crippen LogP) is 4.48. The highest BCUT2D eigenvalue weighted by atomic mass is 79.9. The Morgan fingerprint density at radius 1 is 1.06 bits per heavy atom. The number of halogens is 2. The van der Waals surface area contributed by atoms with Gasteiger partial charge in [-0.25, -0.2) is 0 Å². The maximum atomic E-state index is 5.89. The van der Waals surface area contributed by atoms with Gasteiger partial charge in [-0.3, -0.25) is 0 Å². The Labute approximate surface area is 107 Å². The topological polar surface area (TPSA) is 35.2 Å². The summed E-state index contributed by atoms with van der Waals surface area (Å²) in [6.07, 6.45) is 0. The second kappa shape index (κ2) is 4.76. The summed E-state index contributed by atoms with van der Waals surface area (Å²) in [5.41, 5.74) is 6.29. The zero-order valence-corrected chi connectivity index (χ0v) is 10.6. The minimum absolute atomic E-state index is 0.633. The smallest absolute Gasteiger partial charge is 0.143 e. The summed E-state index contributed by atoms with van der Waals surface area (Å²) < 4.78 is 6.51. The van der Waals surface area contributed by atoms with Gasteiger partial charge < -0.3 is 10.5 Å². The van der Waals surface area contributed by atoms with Gasteiger partial charge in [0.15, 0.2) is 0 Å². The molecule has 0 unspecified atom stereocenters. The predicted molar refractivity (Wildman–Crippen MR) is 70.1 cm³/mol. The highest BCUT2D eigenvalue weighted by Crippen LogP contribution is 2.32. The van der Waals surface area contributed by atoms with Crippen LogP contribution in [-0.4, -0.2) is 0 Å². The average molecular weight is 299 g/mol. The van der Waals surface area contributed by atoms with Gasteiger partial charge in [-0.2, -0.15) is 0 Å². The highest BCUT2D eigenvalue weighted by molar-refractivity contribution is 9.10. The summed E-state index contributed by atoms with van der Waals surface area (Å²) in [6.45, 7) is 0. The van der Waals surface area contributed by atoms with Gasteiger partial charge in [-0.1, -0.05) is 11.6 Å². The second-order valence-electron chi connectivity index (χ2n) is 3.25. The molecule has 0 heterocycles. The number of benzene rings is 2. The van der Waals surface area contributed by atoms with Gasteiger partial charge in [-0.15, -0.1) is 0 Å². The summed E-state index contributed by atoms with van der Waals surface area (Å²) >= 11 is 9.28. The first-order chi connectivity index (χ1) is 7.65. The van der Waals surface area contributed by atoms with Gasteiger partial charge in [0.2, 0.25) is 0 Å². The third kappa shape index (κ3) is 2.68. The Hall–Kier alpha value is -1.19. The van der Waals surface area contributed by atoms with E-state index in [1.807, 2.05) is 18.2 Å². The number of nitrogens with two attached hydrogens (primary N) is 1. The molecule has 0 aliphatic heterocycles. The Morgan fingerprint density at radius 2 is 1.75 bits per heavy atom. The van der Waals surface area contributed by atoms with Crippen molar-refractivity contribution in [2.75, 3.05) is 5.73 Å². The van der Waals surface area contributed by atoms with Crippen molar-refractivity contribution in [1.29, 1.82) is 0 Å². The molecule has 0 saturated carbocycles. The minimum atomic E-state index is 0.633. The molecule has 2 N–H and O–H groups in total. The highest BCUT2D eigenvalue weighted by Gasteiger charge is 2.03. The zero-order valence-electron chi connectivity index (χ0n) is 8.28. The number of rotatable bonds is 2. The zero-order chi connectivity index (χ0) is 11.5. The third-order valence-electron chi connectivity index (χ3n) is 2.00. The van der Waals surface area contributed by atoms with Gasteiger partial charge in [0.05, 0.1) is 4.47 Å². The van der Waals surface area contributed by atoms with Crippen LogP contribution in [0.3, 0.4) is 0 Å². The van der Waals surface area contributed by atoms with Crippen LogP contribution in [-0.2, 0) is 0 Å². The summed E-state index contributed by atoms with van der Waals surface area (Å²) in [7, 11) is 0. The van der Waals surface area contributed by atoms with E-state index in [1.165, 1.54) is 0 Å². The standard InChI is InChI=1S/C12H9BrClNO/c13-11-6-1-8(14)7-12(11)16-10-4-2-9(15)3-5-10/h1-7H,15H2. The first kappa shape index (κ1) is 11.3. The van der Waals surface area contributed by atoms with Gasteiger partial charge in [0.25, 0.3) is 0 Å². The molecular weight excluding hydrogens is 289 g/mol. The maximum Gasteiger partial charge on any atom is 0.143 e. The number of anilines is 1. The molecule has 82 valence electrons. The average Bonchev–Trinajstić information content (AvgIpc) is 2.27. The second-order valence-corrected chi connectivity index (χ2v) is 4.54. The van der Waals surface area contributed by atoms with Crippen LogP contribution in [0, 0.1) is 0 Å². The molecule has 0 aliphatic carbocycles. The lowest BCUT2D eigenvalue weighted by Crippen LogP contribution is -1.87. The van der Waals surface area contributed by atoms with Crippen molar-refractivity contribution >= 4 is 33.2 Å². The molecule has 4 heteroatoms. The lowest BCUT2D eigenvalue weighted by Gasteiger charge is -2.08. The molecule has 2 aromatic carbocycles. The molecule has 0 amide bonds. The number of hydrogen-bond donors (Lipinski definition) is 1. The Bertz CT molecular complexity index is 499. The molecule has 0 aromatic heterocycles. The van der Waals surface area contributed by atoms with E-state index in [-0.39, 0.29) is 0 Å². The van der Waals surface area contributed by atoms with Crippen LogP contribution < -0.4 is 10.5 Å². The molecular formula is C12H9BrClNO. The van der Waals surface area contributed by atoms with Crippen molar-refractivity contribution in [3.8, 4) is 11.5 Å². The van der Waals surface area contributed by atoms with Gasteiger partial charge >= 0.3 is 0 Å². The van der Waals surface area contributed by atoms with Crippen LogP contribution >= 0.6 is 27.5 Å². The first-order valence-electron chi connectivity index (χ1n) is 4.63. The molecule has 0 aliphatic rings. The third-order valence-corrected chi connectivity index (χ3v) is 2.89. The quantitative estimate of drug-likeness (QED) is 0.830. The van der Waals surface area contributed by atoms with E-state index in [4.69, 9.17) is 22.1 Å². The fourth-order valence-electron chi connectivity index (χ4n) is 1.22. The lowest BCUT2D eigenvalue weighted by molar-refractivity contribution is 0.480. The van der Waals surface area contributed by atoms with Gasteiger partial charge in [0, 0.05) is 16.8 Å². The molecule has 0 spiro atoms. The van der Waals surface area contributed by atoms with E-state index in [9.17, 15) is 0 Å². The number of ether oxygens (including phenoxy) is 1.